The van der Waals surface area contributed by atoms with Crippen LogP contribution >= 0.6 is 0 Å². The van der Waals surface area contributed by atoms with Gasteiger partial charge in [-0.05, 0) is 32.1 Å². The molecule has 0 aliphatic carbocycles. The normalized spacial score (nSPS) is 20.6. The molecule has 108 valence electrons. The molecule has 1 saturated heterocycles. The predicted octanol–water partition coefficient (Wildman–Crippen LogP) is 2.23. The van der Waals surface area contributed by atoms with Crippen LogP contribution in [0.3, 0.4) is 0 Å². The van der Waals surface area contributed by atoms with E-state index in [1.54, 1.807) is 18.2 Å². The first kappa shape index (κ1) is 14.5. The van der Waals surface area contributed by atoms with Crippen LogP contribution in [0.2, 0.25) is 0 Å². The van der Waals surface area contributed by atoms with Crippen LogP contribution in [0.25, 0.3) is 0 Å². The summed E-state index contributed by atoms with van der Waals surface area (Å²) in [7, 11) is -3.40. The number of H-pyrrole nitrogens is 1. The van der Waals surface area contributed by atoms with E-state index in [1.807, 2.05) is 0 Å². The number of sulfonamides is 1. The maximum absolute atomic E-state index is 12.7. The number of rotatable bonds is 3. The Bertz CT molecular complexity index is 535. The SMILES string of the molecule is CCC1(C)CCN(S(=O)(=O)c2c(C)n[nH]c2C)CC1. The van der Waals surface area contributed by atoms with Crippen molar-refractivity contribution in [2.24, 2.45) is 5.41 Å². The largest absolute Gasteiger partial charge is 0.281 e. The van der Waals surface area contributed by atoms with Gasteiger partial charge in [0.25, 0.3) is 0 Å². The third-order valence-corrected chi connectivity index (χ3v) is 6.60. The van der Waals surface area contributed by atoms with Gasteiger partial charge in [0, 0.05) is 13.1 Å². The lowest BCUT2D eigenvalue weighted by atomic mass is 9.79. The van der Waals surface area contributed by atoms with Crippen LogP contribution in [-0.4, -0.2) is 36.0 Å². The van der Waals surface area contributed by atoms with Crippen LogP contribution < -0.4 is 0 Å². The molecular weight excluding hydrogens is 262 g/mol. The number of hydrogen-bond acceptors (Lipinski definition) is 3. The summed E-state index contributed by atoms with van der Waals surface area (Å²) in [5, 5.41) is 6.74. The molecular formula is C13H23N3O2S. The van der Waals surface area contributed by atoms with E-state index >= 15 is 0 Å². The van der Waals surface area contributed by atoms with Gasteiger partial charge < -0.3 is 0 Å². The van der Waals surface area contributed by atoms with Gasteiger partial charge in [0.1, 0.15) is 4.90 Å². The van der Waals surface area contributed by atoms with Crippen LogP contribution in [0, 0.1) is 19.3 Å². The topological polar surface area (TPSA) is 66.1 Å². The highest BCUT2D eigenvalue weighted by atomic mass is 32.2. The molecule has 2 heterocycles. The van der Waals surface area contributed by atoms with E-state index in [1.165, 1.54) is 0 Å². The average molecular weight is 285 g/mol. The van der Waals surface area contributed by atoms with Gasteiger partial charge in [-0.1, -0.05) is 20.3 Å². The van der Waals surface area contributed by atoms with E-state index in [4.69, 9.17) is 0 Å². The molecule has 0 spiro atoms. The molecule has 0 saturated carbocycles. The van der Waals surface area contributed by atoms with Crippen molar-refractivity contribution in [3.63, 3.8) is 0 Å². The van der Waals surface area contributed by atoms with Gasteiger partial charge in [0.05, 0.1) is 11.4 Å². The summed E-state index contributed by atoms with van der Waals surface area (Å²) in [6.45, 7) is 9.12. The molecule has 1 N–H and O–H groups in total. The van der Waals surface area contributed by atoms with Crippen molar-refractivity contribution in [3.8, 4) is 0 Å². The van der Waals surface area contributed by atoms with Crippen LogP contribution in [0.1, 0.15) is 44.5 Å². The Morgan fingerprint density at radius 2 is 1.89 bits per heavy atom. The van der Waals surface area contributed by atoms with E-state index in [-0.39, 0.29) is 5.41 Å². The predicted molar refractivity (Wildman–Crippen MR) is 74.5 cm³/mol. The minimum atomic E-state index is -3.40. The number of hydrogen-bond donors (Lipinski definition) is 1. The van der Waals surface area contributed by atoms with Crippen molar-refractivity contribution in [1.29, 1.82) is 0 Å². The summed E-state index contributed by atoms with van der Waals surface area (Å²) in [6, 6.07) is 0. The Morgan fingerprint density at radius 3 is 2.32 bits per heavy atom. The van der Waals surface area contributed by atoms with E-state index in [9.17, 15) is 8.42 Å². The molecule has 1 aromatic heterocycles. The molecule has 1 fully saturated rings. The summed E-state index contributed by atoms with van der Waals surface area (Å²) in [6.07, 6.45) is 2.96. The monoisotopic (exact) mass is 285 g/mol. The lowest BCUT2D eigenvalue weighted by molar-refractivity contribution is 0.169. The highest BCUT2D eigenvalue weighted by Crippen LogP contribution is 2.36. The number of aromatic amines is 1. The summed E-state index contributed by atoms with van der Waals surface area (Å²) < 4.78 is 26.9. The zero-order chi connectivity index (χ0) is 14.3. The molecule has 0 radical (unpaired) electrons. The fraction of sp³-hybridized carbons (Fsp3) is 0.769. The highest BCUT2D eigenvalue weighted by molar-refractivity contribution is 7.89. The maximum Gasteiger partial charge on any atom is 0.246 e. The molecule has 0 amide bonds. The Morgan fingerprint density at radius 1 is 1.32 bits per heavy atom. The van der Waals surface area contributed by atoms with Gasteiger partial charge in [-0.2, -0.15) is 9.40 Å². The number of aryl methyl sites for hydroxylation is 2. The van der Waals surface area contributed by atoms with Crippen LogP contribution in [0.15, 0.2) is 4.90 Å². The molecule has 5 nitrogen and oxygen atoms in total. The van der Waals surface area contributed by atoms with Crippen LogP contribution in [0.5, 0.6) is 0 Å². The van der Waals surface area contributed by atoms with Crippen molar-refractivity contribution in [2.75, 3.05) is 13.1 Å². The highest BCUT2D eigenvalue weighted by Gasteiger charge is 2.36. The first-order valence-corrected chi connectivity index (χ1v) is 8.26. The number of nitrogens with one attached hydrogen (secondary N) is 1. The summed E-state index contributed by atoms with van der Waals surface area (Å²) in [5.41, 5.74) is 1.47. The zero-order valence-corrected chi connectivity index (χ0v) is 13.0. The summed E-state index contributed by atoms with van der Waals surface area (Å²) in [5.74, 6) is 0. The molecule has 0 unspecified atom stereocenters. The van der Waals surface area contributed by atoms with E-state index in [0.29, 0.717) is 29.4 Å². The van der Waals surface area contributed by atoms with Crippen molar-refractivity contribution in [2.45, 2.75) is 51.9 Å². The molecule has 0 bridgehead atoms. The van der Waals surface area contributed by atoms with Gasteiger partial charge >= 0.3 is 0 Å². The summed E-state index contributed by atoms with van der Waals surface area (Å²) in [4.78, 5) is 0.354. The second kappa shape index (κ2) is 4.90. The standard InChI is InChI=1S/C13H23N3O2S/c1-5-13(4)6-8-16(9-7-13)19(17,18)12-10(2)14-15-11(12)3/h5-9H2,1-4H3,(H,14,15). The quantitative estimate of drug-likeness (QED) is 0.926. The van der Waals surface area contributed by atoms with Crippen molar-refractivity contribution in [3.05, 3.63) is 11.4 Å². The Kier molecular flexibility index (Phi) is 3.75. The first-order valence-electron chi connectivity index (χ1n) is 6.82. The van der Waals surface area contributed by atoms with Gasteiger partial charge in [-0.25, -0.2) is 8.42 Å². The molecule has 2 rings (SSSR count). The van der Waals surface area contributed by atoms with Crippen molar-refractivity contribution < 1.29 is 8.42 Å². The molecule has 6 heteroatoms. The fourth-order valence-corrected chi connectivity index (χ4v) is 4.44. The maximum atomic E-state index is 12.7. The van der Waals surface area contributed by atoms with Gasteiger partial charge in [-0.15, -0.1) is 0 Å². The van der Waals surface area contributed by atoms with Crippen LogP contribution in [-0.2, 0) is 10.0 Å². The molecule has 0 atom stereocenters. The molecule has 1 aromatic rings. The van der Waals surface area contributed by atoms with E-state index < -0.39 is 10.0 Å². The minimum Gasteiger partial charge on any atom is -0.281 e. The van der Waals surface area contributed by atoms with Crippen molar-refractivity contribution in [1.82, 2.24) is 14.5 Å². The molecule has 19 heavy (non-hydrogen) atoms. The van der Waals surface area contributed by atoms with E-state index in [2.05, 4.69) is 24.0 Å². The number of piperidine rings is 1. The minimum absolute atomic E-state index is 0.284. The van der Waals surface area contributed by atoms with Gasteiger partial charge in [-0.3, -0.25) is 5.10 Å². The lowest BCUT2D eigenvalue weighted by Crippen LogP contribution is -2.42. The van der Waals surface area contributed by atoms with Gasteiger partial charge in [0.15, 0.2) is 0 Å². The smallest absolute Gasteiger partial charge is 0.246 e. The second-order valence-electron chi connectivity index (χ2n) is 5.83. The average Bonchev–Trinajstić information content (AvgIpc) is 2.70. The van der Waals surface area contributed by atoms with Crippen molar-refractivity contribution >= 4 is 10.0 Å². The Balaban J connectivity index is 2.24. The van der Waals surface area contributed by atoms with Gasteiger partial charge in [0.2, 0.25) is 10.0 Å². The van der Waals surface area contributed by atoms with Crippen LogP contribution in [0.4, 0.5) is 0 Å². The molecule has 1 aliphatic heterocycles. The Hall–Kier alpha value is -0.880. The number of aromatic nitrogens is 2. The van der Waals surface area contributed by atoms with E-state index in [0.717, 1.165) is 19.3 Å². The molecule has 0 aromatic carbocycles. The lowest BCUT2D eigenvalue weighted by Gasteiger charge is -2.38. The Labute approximate surface area is 115 Å². The first-order chi connectivity index (χ1) is 8.80. The third-order valence-electron chi connectivity index (χ3n) is 4.44. The third kappa shape index (κ3) is 2.56. The number of nitrogens with zero attached hydrogens (tertiary/aromatic N) is 2. The molecule has 1 aliphatic rings. The second-order valence-corrected chi connectivity index (χ2v) is 7.71. The zero-order valence-electron chi connectivity index (χ0n) is 12.2. The fourth-order valence-electron chi connectivity index (χ4n) is 2.67. The summed E-state index contributed by atoms with van der Waals surface area (Å²) >= 11 is 0.